The van der Waals surface area contributed by atoms with Gasteiger partial charge in [0.2, 0.25) is 0 Å². The molecule has 2 nitrogen and oxygen atoms in total. The molecule has 0 unspecified atom stereocenters. The SMILES string of the molecule is CN(C)Cc1ccccc1[C@]1(O)c2ccccc2CSc2ccccc21. The van der Waals surface area contributed by atoms with Crippen LogP contribution in [0.5, 0.6) is 0 Å². The molecular formula is C23H23NOS. The van der Waals surface area contributed by atoms with Crippen molar-refractivity contribution in [3.63, 3.8) is 0 Å². The molecule has 3 heteroatoms. The molecule has 0 saturated heterocycles. The average molecular weight is 362 g/mol. The summed E-state index contributed by atoms with van der Waals surface area (Å²) in [5.41, 5.74) is 4.12. The van der Waals surface area contributed by atoms with Crippen molar-refractivity contribution >= 4 is 11.8 Å². The summed E-state index contributed by atoms with van der Waals surface area (Å²) < 4.78 is 0. The van der Waals surface area contributed by atoms with E-state index in [9.17, 15) is 5.11 Å². The maximum atomic E-state index is 12.3. The summed E-state index contributed by atoms with van der Waals surface area (Å²) >= 11 is 1.80. The van der Waals surface area contributed by atoms with Crippen molar-refractivity contribution in [1.82, 2.24) is 4.90 Å². The van der Waals surface area contributed by atoms with Gasteiger partial charge in [-0.15, -0.1) is 11.8 Å². The highest BCUT2D eigenvalue weighted by Gasteiger charge is 2.40. The van der Waals surface area contributed by atoms with Gasteiger partial charge >= 0.3 is 0 Å². The molecule has 1 atom stereocenters. The lowest BCUT2D eigenvalue weighted by molar-refractivity contribution is 0.120. The van der Waals surface area contributed by atoms with Crippen LogP contribution in [0.25, 0.3) is 0 Å². The van der Waals surface area contributed by atoms with Crippen molar-refractivity contribution in [2.45, 2.75) is 22.8 Å². The van der Waals surface area contributed by atoms with E-state index in [1.807, 2.05) is 24.3 Å². The molecule has 0 radical (unpaired) electrons. The number of nitrogens with zero attached hydrogens (tertiary/aromatic N) is 1. The molecular weight excluding hydrogens is 338 g/mol. The van der Waals surface area contributed by atoms with Gasteiger partial charge < -0.3 is 10.0 Å². The molecule has 0 saturated carbocycles. The number of rotatable bonds is 3. The quantitative estimate of drug-likeness (QED) is 0.735. The first-order valence-electron chi connectivity index (χ1n) is 8.87. The number of hydrogen-bond donors (Lipinski definition) is 1. The molecule has 4 rings (SSSR count). The van der Waals surface area contributed by atoms with Crippen molar-refractivity contribution in [2.75, 3.05) is 14.1 Å². The summed E-state index contributed by atoms with van der Waals surface area (Å²) in [4.78, 5) is 3.29. The molecule has 1 N–H and O–H groups in total. The molecule has 0 aliphatic carbocycles. The number of benzene rings is 3. The molecule has 0 fully saturated rings. The van der Waals surface area contributed by atoms with Gasteiger partial charge in [-0.05, 0) is 42.4 Å². The first-order valence-corrected chi connectivity index (χ1v) is 9.85. The van der Waals surface area contributed by atoms with Crippen LogP contribution in [0.15, 0.2) is 77.7 Å². The Bertz CT molecular complexity index is 887. The summed E-state index contributed by atoms with van der Waals surface area (Å²) in [6, 6.07) is 24.8. The van der Waals surface area contributed by atoms with Crippen LogP contribution in [0.4, 0.5) is 0 Å². The van der Waals surface area contributed by atoms with Crippen molar-refractivity contribution in [2.24, 2.45) is 0 Å². The van der Waals surface area contributed by atoms with Crippen molar-refractivity contribution in [3.8, 4) is 0 Å². The number of aliphatic hydroxyl groups is 1. The van der Waals surface area contributed by atoms with Gasteiger partial charge in [0.25, 0.3) is 0 Å². The molecule has 3 aromatic carbocycles. The highest BCUT2D eigenvalue weighted by atomic mass is 32.2. The highest BCUT2D eigenvalue weighted by Crippen LogP contribution is 2.47. The van der Waals surface area contributed by atoms with E-state index in [2.05, 4.69) is 67.5 Å². The van der Waals surface area contributed by atoms with E-state index in [0.29, 0.717) is 0 Å². The minimum atomic E-state index is -1.15. The molecule has 1 aliphatic heterocycles. The summed E-state index contributed by atoms with van der Waals surface area (Å²) in [5, 5.41) is 12.3. The molecule has 0 bridgehead atoms. The number of hydrogen-bond acceptors (Lipinski definition) is 3. The van der Waals surface area contributed by atoms with E-state index in [0.717, 1.165) is 39.4 Å². The zero-order valence-electron chi connectivity index (χ0n) is 15.1. The molecule has 0 spiro atoms. The van der Waals surface area contributed by atoms with Crippen LogP contribution in [0.1, 0.15) is 27.8 Å². The molecule has 1 heterocycles. The Morgan fingerprint density at radius 1 is 0.846 bits per heavy atom. The standard InChI is InChI=1S/C23H23NOS/c1-24(2)15-17-9-3-5-11-19(17)23(25)20-12-6-4-10-18(20)16-26-22-14-8-7-13-21(22)23/h3-14,25H,15-16H2,1-2H3/t23-/m0/s1. The smallest absolute Gasteiger partial charge is 0.142 e. The Hall–Kier alpha value is -2.07. The first-order chi connectivity index (χ1) is 12.6. The van der Waals surface area contributed by atoms with E-state index in [1.165, 1.54) is 5.56 Å². The highest BCUT2D eigenvalue weighted by molar-refractivity contribution is 7.98. The third-order valence-corrected chi connectivity index (χ3v) is 6.08. The van der Waals surface area contributed by atoms with Gasteiger partial charge in [-0.3, -0.25) is 0 Å². The summed E-state index contributed by atoms with van der Waals surface area (Å²) in [6.45, 7) is 0.788. The Morgan fingerprint density at radius 2 is 1.46 bits per heavy atom. The van der Waals surface area contributed by atoms with E-state index in [1.54, 1.807) is 11.8 Å². The lowest BCUT2D eigenvalue weighted by Gasteiger charge is -2.33. The summed E-state index contributed by atoms with van der Waals surface area (Å²) in [7, 11) is 4.12. The van der Waals surface area contributed by atoms with Crippen molar-refractivity contribution in [3.05, 3.63) is 101 Å². The fraction of sp³-hybridized carbons (Fsp3) is 0.217. The minimum Gasteiger partial charge on any atom is -0.376 e. The normalized spacial score (nSPS) is 18.9. The summed E-state index contributed by atoms with van der Waals surface area (Å²) in [5.74, 6) is 0.866. The third-order valence-electron chi connectivity index (χ3n) is 4.96. The minimum absolute atomic E-state index is 0.788. The van der Waals surface area contributed by atoms with Crippen LogP contribution >= 0.6 is 11.8 Å². The van der Waals surface area contributed by atoms with Crippen LogP contribution in [0.3, 0.4) is 0 Å². The van der Waals surface area contributed by atoms with Crippen LogP contribution in [-0.2, 0) is 17.9 Å². The maximum absolute atomic E-state index is 12.3. The predicted octanol–water partition coefficient (Wildman–Crippen LogP) is 4.64. The second-order valence-electron chi connectivity index (χ2n) is 7.05. The van der Waals surface area contributed by atoms with Crippen molar-refractivity contribution in [1.29, 1.82) is 0 Å². The van der Waals surface area contributed by atoms with Crippen LogP contribution in [0.2, 0.25) is 0 Å². The Labute approximate surface area is 159 Å². The van der Waals surface area contributed by atoms with Gasteiger partial charge in [0.15, 0.2) is 0 Å². The molecule has 0 amide bonds. The second-order valence-corrected chi connectivity index (χ2v) is 8.06. The van der Waals surface area contributed by atoms with E-state index in [-0.39, 0.29) is 0 Å². The number of thioether (sulfide) groups is 1. The van der Waals surface area contributed by atoms with E-state index < -0.39 is 5.60 Å². The molecule has 3 aromatic rings. The largest absolute Gasteiger partial charge is 0.376 e. The third kappa shape index (κ3) is 2.86. The zero-order valence-corrected chi connectivity index (χ0v) is 16.0. The van der Waals surface area contributed by atoms with E-state index >= 15 is 0 Å². The Balaban J connectivity index is 2.04. The molecule has 1 aliphatic rings. The monoisotopic (exact) mass is 361 g/mol. The Kier molecular flexibility index (Phi) is 4.62. The van der Waals surface area contributed by atoms with Gasteiger partial charge in [-0.25, -0.2) is 0 Å². The molecule has 26 heavy (non-hydrogen) atoms. The Morgan fingerprint density at radius 3 is 2.23 bits per heavy atom. The van der Waals surface area contributed by atoms with Gasteiger partial charge in [0.1, 0.15) is 5.60 Å². The molecule has 0 aromatic heterocycles. The lowest BCUT2D eigenvalue weighted by atomic mass is 9.77. The number of fused-ring (bicyclic) bond motifs is 2. The predicted molar refractivity (Wildman–Crippen MR) is 108 cm³/mol. The van der Waals surface area contributed by atoms with Crippen molar-refractivity contribution < 1.29 is 5.11 Å². The van der Waals surface area contributed by atoms with Crippen LogP contribution in [0, 0.1) is 0 Å². The van der Waals surface area contributed by atoms with E-state index in [4.69, 9.17) is 0 Å². The second kappa shape index (κ2) is 6.92. The topological polar surface area (TPSA) is 23.5 Å². The van der Waals surface area contributed by atoms with Crippen LogP contribution in [-0.4, -0.2) is 24.1 Å². The summed E-state index contributed by atoms with van der Waals surface area (Å²) in [6.07, 6.45) is 0. The lowest BCUT2D eigenvalue weighted by Crippen LogP contribution is -2.32. The van der Waals surface area contributed by atoms with Gasteiger partial charge in [-0.1, -0.05) is 66.7 Å². The first kappa shape index (κ1) is 17.3. The maximum Gasteiger partial charge on any atom is 0.142 e. The fourth-order valence-electron chi connectivity index (χ4n) is 3.83. The average Bonchev–Trinajstić information content (AvgIpc) is 2.78. The molecule has 132 valence electrons. The van der Waals surface area contributed by atoms with Gasteiger partial charge in [0, 0.05) is 22.8 Å². The fourth-order valence-corrected chi connectivity index (χ4v) is 4.94. The van der Waals surface area contributed by atoms with Crippen LogP contribution < -0.4 is 0 Å². The zero-order chi connectivity index (χ0) is 18.1. The van der Waals surface area contributed by atoms with Gasteiger partial charge in [0.05, 0.1) is 0 Å². The van der Waals surface area contributed by atoms with Gasteiger partial charge in [-0.2, -0.15) is 0 Å².